The summed E-state index contributed by atoms with van der Waals surface area (Å²) in [6.07, 6.45) is -0.0590. The Morgan fingerprint density at radius 2 is 2.04 bits per heavy atom. The molecule has 4 rings (SSSR count). The van der Waals surface area contributed by atoms with Gasteiger partial charge in [0.15, 0.2) is 0 Å². The number of nitrogens with one attached hydrogen (secondary N) is 1. The molecule has 1 amide bonds. The van der Waals surface area contributed by atoms with Crippen LogP contribution in [0.5, 0.6) is 0 Å². The number of hydrogen-bond donors (Lipinski definition) is 1. The predicted octanol–water partition coefficient (Wildman–Crippen LogP) is 2.55. The zero-order chi connectivity index (χ0) is 19.7. The first kappa shape index (κ1) is 18.2. The number of benzene rings is 1. The maximum absolute atomic E-state index is 12.3. The minimum Gasteiger partial charge on any atom is -0.459 e. The van der Waals surface area contributed by atoms with E-state index in [-0.39, 0.29) is 24.5 Å². The predicted molar refractivity (Wildman–Crippen MR) is 105 cm³/mol. The molecule has 1 N–H and O–H groups in total. The molecule has 142 valence electrons. The van der Waals surface area contributed by atoms with Crippen LogP contribution in [0.3, 0.4) is 0 Å². The summed E-state index contributed by atoms with van der Waals surface area (Å²) in [6, 6.07) is 14.1. The van der Waals surface area contributed by atoms with Crippen molar-refractivity contribution in [1.29, 1.82) is 0 Å². The van der Waals surface area contributed by atoms with Crippen molar-refractivity contribution in [3.8, 4) is 0 Å². The number of aryl methyl sites for hydroxylation is 1. The quantitative estimate of drug-likeness (QED) is 0.683. The molecule has 0 bridgehead atoms. The van der Waals surface area contributed by atoms with Crippen LogP contribution in [0, 0.1) is 6.92 Å². The molecule has 3 aromatic rings. The van der Waals surface area contributed by atoms with E-state index in [1.54, 1.807) is 6.07 Å². The van der Waals surface area contributed by atoms with E-state index in [9.17, 15) is 14.4 Å². The molecule has 0 fully saturated rings. The standard InChI is InChI=1S/C20H17N3O4S/c1-12-5-4-8-17-21-13(9-18(24)23(12)17)11-27-19(25)10-16-20(26)22-14-6-2-3-7-15(14)28-16/h2-9,16H,10-11H2,1H3,(H,22,26)/t16-/m0/s1. The number of carbonyl (C=O) groups is 2. The van der Waals surface area contributed by atoms with Crippen LogP contribution >= 0.6 is 11.8 Å². The Kier molecular flexibility index (Phi) is 4.87. The molecule has 0 spiro atoms. The highest BCUT2D eigenvalue weighted by atomic mass is 32.2. The zero-order valence-corrected chi connectivity index (χ0v) is 15.9. The number of nitrogens with zero attached hydrogens (tertiary/aromatic N) is 2. The number of fused-ring (bicyclic) bond motifs is 2. The number of aromatic nitrogens is 2. The lowest BCUT2D eigenvalue weighted by Gasteiger charge is -2.23. The lowest BCUT2D eigenvalue weighted by atomic mass is 10.2. The highest BCUT2D eigenvalue weighted by Gasteiger charge is 2.29. The summed E-state index contributed by atoms with van der Waals surface area (Å²) >= 11 is 1.34. The monoisotopic (exact) mass is 395 g/mol. The van der Waals surface area contributed by atoms with Gasteiger partial charge in [-0.3, -0.25) is 18.8 Å². The van der Waals surface area contributed by atoms with E-state index in [1.165, 1.54) is 22.2 Å². The smallest absolute Gasteiger partial charge is 0.307 e. The van der Waals surface area contributed by atoms with Gasteiger partial charge < -0.3 is 10.1 Å². The summed E-state index contributed by atoms with van der Waals surface area (Å²) in [7, 11) is 0. The number of pyridine rings is 1. The van der Waals surface area contributed by atoms with E-state index in [0.29, 0.717) is 11.3 Å². The Labute approximate surface area is 164 Å². The van der Waals surface area contributed by atoms with Gasteiger partial charge in [-0.15, -0.1) is 11.8 Å². The highest BCUT2D eigenvalue weighted by Crippen LogP contribution is 2.36. The molecule has 0 radical (unpaired) electrons. The summed E-state index contributed by atoms with van der Waals surface area (Å²) in [5, 5.41) is 2.24. The summed E-state index contributed by atoms with van der Waals surface area (Å²) in [5.74, 6) is -0.739. The molecule has 1 aromatic carbocycles. The van der Waals surface area contributed by atoms with E-state index in [0.717, 1.165) is 16.3 Å². The van der Waals surface area contributed by atoms with Gasteiger partial charge >= 0.3 is 5.97 Å². The van der Waals surface area contributed by atoms with Crippen molar-refractivity contribution in [2.45, 2.75) is 30.1 Å². The fourth-order valence-electron chi connectivity index (χ4n) is 3.03. The van der Waals surface area contributed by atoms with Gasteiger partial charge in [0.25, 0.3) is 5.56 Å². The van der Waals surface area contributed by atoms with Gasteiger partial charge in [-0.2, -0.15) is 0 Å². The summed E-state index contributed by atoms with van der Waals surface area (Å²) in [5.41, 5.74) is 2.16. The van der Waals surface area contributed by atoms with Crippen LogP contribution in [-0.4, -0.2) is 26.5 Å². The first-order chi connectivity index (χ1) is 13.5. The minimum absolute atomic E-state index is 0.0590. The number of rotatable bonds is 4. The Bertz CT molecular complexity index is 1140. The lowest BCUT2D eigenvalue weighted by molar-refractivity contribution is -0.145. The Balaban J connectivity index is 1.42. The molecule has 0 saturated carbocycles. The van der Waals surface area contributed by atoms with E-state index >= 15 is 0 Å². The maximum atomic E-state index is 12.3. The molecule has 28 heavy (non-hydrogen) atoms. The van der Waals surface area contributed by atoms with E-state index < -0.39 is 11.2 Å². The van der Waals surface area contributed by atoms with Crippen LogP contribution in [0.15, 0.2) is 58.2 Å². The number of thioether (sulfide) groups is 1. The molecule has 8 heteroatoms. The molecule has 1 aliphatic heterocycles. The molecule has 0 unspecified atom stereocenters. The van der Waals surface area contributed by atoms with Crippen LogP contribution in [0.2, 0.25) is 0 Å². The van der Waals surface area contributed by atoms with Gasteiger partial charge in [0, 0.05) is 16.7 Å². The normalized spacial score (nSPS) is 15.8. The molecule has 3 heterocycles. The van der Waals surface area contributed by atoms with Crippen molar-refractivity contribution in [3.63, 3.8) is 0 Å². The van der Waals surface area contributed by atoms with Gasteiger partial charge in [-0.05, 0) is 31.2 Å². The third-order valence-electron chi connectivity index (χ3n) is 4.37. The fourth-order valence-corrected chi connectivity index (χ4v) is 4.12. The molecule has 0 saturated heterocycles. The van der Waals surface area contributed by atoms with Crippen LogP contribution in [0.25, 0.3) is 5.65 Å². The van der Waals surface area contributed by atoms with Gasteiger partial charge in [0.2, 0.25) is 5.91 Å². The highest BCUT2D eigenvalue weighted by molar-refractivity contribution is 8.01. The SMILES string of the molecule is Cc1cccc2nc(COC(=O)C[C@@H]3Sc4ccccc4NC3=O)cc(=O)n12. The number of ether oxygens (including phenoxy) is 1. The first-order valence-electron chi connectivity index (χ1n) is 8.72. The molecular formula is C20H17N3O4S. The van der Waals surface area contributed by atoms with Gasteiger partial charge in [-0.1, -0.05) is 18.2 Å². The molecule has 7 nitrogen and oxygen atoms in total. The van der Waals surface area contributed by atoms with Gasteiger partial charge in [0.05, 0.1) is 23.1 Å². The summed E-state index contributed by atoms with van der Waals surface area (Å²) in [4.78, 5) is 42.0. The van der Waals surface area contributed by atoms with E-state index in [2.05, 4.69) is 10.3 Å². The molecule has 1 aliphatic rings. The summed E-state index contributed by atoms with van der Waals surface area (Å²) in [6.45, 7) is 1.70. The van der Waals surface area contributed by atoms with Crippen molar-refractivity contribution in [1.82, 2.24) is 9.38 Å². The number of para-hydroxylation sites is 1. The third kappa shape index (κ3) is 3.63. The fraction of sp³-hybridized carbons (Fsp3) is 0.200. The number of esters is 1. The minimum atomic E-state index is -0.555. The second-order valence-electron chi connectivity index (χ2n) is 6.40. The average Bonchev–Trinajstić information content (AvgIpc) is 2.67. The molecule has 1 atom stereocenters. The first-order valence-corrected chi connectivity index (χ1v) is 9.60. The second-order valence-corrected chi connectivity index (χ2v) is 7.65. The van der Waals surface area contributed by atoms with Crippen LogP contribution in [0.1, 0.15) is 17.8 Å². The van der Waals surface area contributed by atoms with E-state index in [4.69, 9.17) is 4.74 Å². The topological polar surface area (TPSA) is 89.8 Å². The second kappa shape index (κ2) is 7.47. The van der Waals surface area contributed by atoms with Crippen LogP contribution in [0.4, 0.5) is 5.69 Å². The van der Waals surface area contributed by atoms with Crippen molar-refractivity contribution >= 4 is 35.0 Å². The Morgan fingerprint density at radius 3 is 2.89 bits per heavy atom. The average molecular weight is 395 g/mol. The number of hydrogen-bond acceptors (Lipinski definition) is 6. The largest absolute Gasteiger partial charge is 0.459 e. The number of amides is 1. The number of anilines is 1. The van der Waals surface area contributed by atoms with Crippen molar-refractivity contribution < 1.29 is 14.3 Å². The maximum Gasteiger partial charge on any atom is 0.307 e. The Morgan fingerprint density at radius 1 is 1.21 bits per heavy atom. The van der Waals surface area contributed by atoms with Crippen molar-refractivity contribution in [2.24, 2.45) is 0 Å². The molecule has 2 aromatic heterocycles. The molecule has 0 aliphatic carbocycles. The van der Waals surface area contributed by atoms with Crippen LogP contribution in [-0.2, 0) is 20.9 Å². The number of carbonyl (C=O) groups excluding carboxylic acids is 2. The molecular weight excluding hydrogens is 378 g/mol. The van der Waals surface area contributed by atoms with Gasteiger partial charge in [0.1, 0.15) is 12.3 Å². The lowest BCUT2D eigenvalue weighted by Crippen LogP contribution is -2.31. The van der Waals surface area contributed by atoms with Crippen LogP contribution < -0.4 is 10.9 Å². The van der Waals surface area contributed by atoms with Crippen molar-refractivity contribution in [2.75, 3.05) is 5.32 Å². The zero-order valence-electron chi connectivity index (χ0n) is 15.0. The third-order valence-corrected chi connectivity index (χ3v) is 5.65. The summed E-state index contributed by atoms with van der Waals surface area (Å²) < 4.78 is 6.75. The Hall–Kier alpha value is -3.13. The van der Waals surface area contributed by atoms with E-state index in [1.807, 2.05) is 43.3 Å². The van der Waals surface area contributed by atoms with Gasteiger partial charge in [-0.25, -0.2) is 4.98 Å². The van der Waals surface area contributed by atoms with Crippen molar-refractivity contribution in [3.05, 3.63) is 70.3 Å².